The number of morpholine rings is 1. The Bertz CT molecular complexity index is 1340. The summed E-state index contributed by atoms with van der Waals surface area (Å²) in [7, 11) is -3.75. The molecule has 4 rings (SSSR count). The fourth-order valence-electron chi connectivity index (χ4n) is 3.60. The SMILES string of the molecule is Cc1ccc2c(COC(=O)c3cc(S(=O)(=O)N4CCOCC4)ccc3C)cc(=O)oc2c1. The molecule has 168 valence electrons. The summed E-state index contributed by atoms with van der Waals surface area (Å²) in [6.07, 6.45) is 0. The number of esters is 1. The summed E-state index contributed by atoms with van der Waals surface area (Å²) in [4.78, 5) is 24.7. The second-order valence-corrected chi connectivity index (χ2v) is 9.60. The molecule has 2 aromatic carbocycles. The van der Waals surface area contributed by atoms with Crippen LogP contribution in [-0.4, -0.2) is 45.0 Å². The number of carbonyl (C=O) groups excluding carboxylic acids is 1. The van der Waals surface area contributed by atoms with Crippen molar-refractivity contribution in [3.05, 3.63) is 75.1 Å². The van der Waals surface area contributed by atoms with Crippen molar-refractivity contribution in [1.29, 1.82) is 0 Å². The number of rotatable bonds is 5. The van der Waals surface area contributed by atoms with Gasteiger partial charge in [0.15, 0.2) is 0 Å². The summed E-state index contributed by atoms with van der Waals surface area (Å²) in [6.45, 7) is 4.63. The Balaban J connectivity index is 1.59. The normalized spacial score (nSPS) is 15.1. The lowest BCUT2D eigenvalue weighted by molar-refractivity contribution is 0.0472. The second-order valence-electron chi connectivity index (χ2n) is 7.66. The van der Waals surface area contributed by atoms with Crippen molar-refractivity contribution < 1.29 is 27.1 Å². The zero-order chi connectivity index (χ0) is 22.9. The quantitative estimate of drug-likeness (QED) is 0.429. The maximum Gasteiger partial charge on any atom is 0.338 e. The van der Waals surface area contributed by atoms with Crippen LogP contribution in [0.15, 0.2) is 56.6 Å². The van der Waals surface area contributed by atoms with Gasteiger partial charge in [-0.05, 0) is 43.2 Å². The molecule has 3 aromatic rings. The highest BCUT2D eigenvalue weighted by molar-refractivity contribution is 7.89. The molecule has 0 atom stereocenters. The molecule has 2 heterocycles. The van der Waals surface area contributed by atoms with E-state index < -0.39 is 21.6 Å². The van der Waals surface area contributed by atoms with E-state index in [9.17, 15) is 18.0 Å². The predicted octanol–water partition coefficient (Wildman–Crippen LogP) is 2.79. The molecule has 0 N–H and O–H groups in total. The minimum Gasteiger partial charge on any atom is -0.457 e. The van der Waals surface area contributed by atoms with Gasteiger partial charge in [-0.2, -0.15) is 4.31 Å². The van der Waals surface area contributed by atoms with Gasteiger partial charge < -0.3 is 13.9 Å². The minimum atomic E-state index is -3.75. The third-order valence-corrected chi connectivity index (χ3v) is 7.28. The molecule has 1 aliphatic rings. The highest BCUT2D eigenvalue weighted by atomic mass is 32.2. The number of fused-ring (bicyclic) bond motifs is 1. The zero-order valence-electron chi connectivity index (χ0n) is 17.8. The Morgan fingerprint density at radius 2 is 1.81 bits per heavy atom. The van der Waals surface area contributed by atoms with Gasteiger partial charge >= 0.3 is 11.6 Å². The second kappa shape index (κ2) is 8.85. The summed E-state index contributed by atoms with van der Waals surface area (Å²) in [6, 6.07) is 11.1. The van der Waals surface area contributed by atoms with Crippen molar-refractivity contribution in [2.24, 2.45) is 0 Å². The molecular weight excluding hydrogens is 434 g/mol. The summed E-state index contributed by atoms with van der Waals surface area (Å²) in [5.41, 5.74) is 2.07. The third-order valence-electron chi connectivity index (χ3n) is 5.38. The van der Waals surface area contributed by atoms with Gasteiger partial charge in [0.25, 0.3) is 0 Å². The van der Waals surface area contributed by atoms with E-state index in [1.54, 1.807) is 25.1 Å². The van der Waals surface area contributed by atoms with E-state index in [4.69, 9.17) is 13.9 Å². The summed E-state index contributed by atoms with van der Waals surface area (Å²) < 4.78 is 43.1. The Labute approximate surface area is 185 Å². The fourth-order valence-corrected chi connectivity index (χ4v) is 5.03. The average Bonchev–Trinajstić information content (AvgIpc) is 2.77. The predicted molar refractivity (Wildman–Crippen MR) is 117 cm³/mol. The molecule has 32 heavy (non-hydrogen) atoms. The van der Waals surface area contributed by atoms with Crippen LogP contribution in [0.4, 0.5) is 0 Å². The van der Waals surface area contributed by atoms with Crippen molar-refractivity contribution in [2.45, 2.75) is 25.3 Å². The lowest BCUT2D eigenvalue weighted by Crippen LogP contribution is -2.40. The Hall–Kier alpha value is -3.01. The van der Waals surface area contributed by atoms with Crippen LogP contribution in [0.1, 0.15) is 27.0 Å². The van der Waals surface area contributed by atoms with Crippen molar-refractivity contribution in [2.75, 3.05) is 26.3 Å². The first-order chi connectivity index (χ1) is 15.3. The molecule has 0 amide bonds. The van der Waals surface area contributed by atoms with Crippen molar-refractivity contribution >= 4 is 27.0 Å². The molecule has 0 aliphatic carbocycles. The van der Waals surface area contributed by atoms with Crippen LogP contribution in [0.25, 0.3) is 11.0 Å². The topological polar surface area (TPSA) is 103 Å². The number of ether oxygens (including phenoxy) is 2. The van der Waals surface area contributed by atoms with Gasteiger partial charge in [-0.25, -0.2) is 18.0 Å². The lowest BCUT2D eigenvalue weighted by Gasteiger charge is -2.26. The highest BCUT2D eigenvalue weighted by Crippen LogP contribution is 2.23. The maximum atomic E-state index is 12.9. The molecule has 1 aromatic heterocycles. The third kappa shape index (κ3) is 4.45. The molecule has 1 aliphatic heterocycles. The number of hydrogen-bond donors (Lipinski definition) is 0. The largest absolute Gasteiger partial charge is 0.457 e. The van der Waals surface area contributed by atoms with E-state index >= 15 is 0 Å². The highest BCUT2D eigenvalue weighted by Gasteiger charge is 2.27. The van der Waals surface area contributed by atoms with E-state index in [2.05, 4.69) is 0 Å². The first kappa shape index (κ1) is 22.2. The van der Waals surface area contributed by atoms with Gasteiger partial charge in [0, 0.05) is 30.1 Å². The van der Waals surface area contributed by atoms with Gasteiger partial charge in [-0.15, -0.1) is 0 Å². The van der Waals surface area contributed by atoms with Crippen LogP contribution >= 0.6 is 0 Å². The summed E-state index contributed by atoms with van der Waals surface area (Å²) in [5, 5.41) is 0.670. The molecule has 0 spiro atoms. The number of nitrogens with zero attached hydrogens (tertiary/aromatic N) is 1. The van der Waals surface area contributed by atoms with E-state index in [1.165, 1.54) is 22.5 Å². The molecule has 8 nitrogen and oxygen atoms in total. The molecule has 0 unspecified atom stereocenters. The standard InChI is InChI=1S/C23H23NO7S/c1-15-3-6-19-17(12-22(25)31-21(19)11-15)14-30-23(26)20-13-18(5-4-16(20)2)32(27,28)24-7-9-29-10-8-24/h3-6,11-13H,7-10,14H2,1-2H3. The summed E-state index contributed by atoms with van der Waals surface area (Å²) in [5.74, 6) is -0.671. The van der Waals surface area contributed by atoms with E-state index in [-0.39, 0.29) is 30.2 Å². The van der Waals surface area contributed by atoms with Crippen molar-refractivity contribution in [1.82, 2.24) is 4.31 Å². The average molecular weight is 458 g/mol. The molecule has 9 heteroatoms. The van der Waals surface area contributed by atoms with Gasteiger partial charge in [-0.3, -0.25) is 0 Å². The van der Waals surface area contributed by atoms with Gasteiger partial charge in [0.2, 0.25) is 10.0 Å². The Morgan fingerprint density at radius 3 is 2.56 bits per heavy atom. The van der Waals surface area contributed by atoms with Gasteiger partial charge in [0.05, 0.1) is 23.7 Å². The van der Waals surface area contributed by atoms with Crippen LogP contribution < -0.4 is 5.63 Å². The lowest BCUT2D eigenvalue weighted by atomic mass is 10.1. The first-order valence-electron chi connectivity index (χ1n) is 10.1. The Morgan fingerprint density at radius 1 is 1.06 bits per heavy atom. The fraction of sp³-hybridized carbons (Fsp3) is 0.304. The van der Waals surface area contributed by atoms with Crippen LogP contribution in [0.2, 0.25) is 0 Å². The zero-order valence-corrected chi connectivity index (χ0v) is 18.6. The Kier molecular flexibility index (Phi) is 6.14. The first-order valence-corrected chi connectivity index (χ1v) is 11.6. The number of aryl methyl sites for hydroxylation is 2. The molecule has 1 fully saturated rings. The van der Waals surface area contributed by atoms with Crippen molar-refractivity contribution in [3.63, 3.8) is 0 Å². The number of sulfonamides is 1. The van der Waals surface area contributed by atoms with Gasteiger partial charge in [0.1, 0.15) is 12.2 Å². The molecular formula is C23H23NO7S. The number of hydrogen-bond acceptors (Lipinski definition) is 7. The minimum absolute atomic E-state index is 0.0261. The van der Waals surface area contributed by atoms with E-state index in [1.807, 2.05) is 13.0 Å². The molecule has 0 saturated carbocycles. The van der Waals surface area contributed by atoms with Gasteiger partial charge in [-0.1, -0.05) is 18.2 Å². The van der Waals surface area contributed by atoms with Crippen molar-refractivity contribution in [3.8, 4) is 0 Å². The monoisotopic (exact) mass is 457 g/mol. The number of carbonyl (C=O) groups is 1. The van der Waals surface area contributed by atoms with Crippen LogP contribution in [0.3, 0.4) is 0 Å². The smallest absolute Gasteiger partial charge is 0.338 e. The molecule has 0 radical (unpaired) electrons. The van der Waals surface area contributed by atoms with Crippen LogP contribution in [0.5, 0.6) is 0 Å². The van der Waals surface area contributed by atoms with E-state index in [0.29, 0.717) is 35.3 Å². The van der Waals surface area contributed by atoms with Crippen LogP contribution in [0, 0.1) is 13.8 Å². The summed E-state index contributed by atoms with van der Waals surface area (Å²) >= 11 is 0. The number of benzene rings is 2. The van der Waals surface area contributed by atoms with Crippen LogP contribution in [-0.2, 0) is 26.1 Å². The molecule has 1 saturated heterocycles. The molecule has 0 bridgehead atoms. The maximum absolute atomic E-state index is 12.9. The van der Waals surface area contributed by atoms with E-state index in [0.717, 1.165) is 5.56 Å².